The Labute approximate surface area is 117 Å². The molecule has 3 rings (SSSR count). The van der Waals surface area contributed by atoms with Gasteiger partial charge in [-0.25, -0.2) is 0 Å². The zero-order valence-corrected chi connectivity index (χ0v) is 11.5. The Balaban J connectivity index is 2.03. The summed E-state index contributed by atoms with van der Waals surface area (Å²) in [7, 11) is 0. The minimum Gasteiger partial charge on any atom is -0.406 e. The highest BCUT2D eigenvalue weighted by Crippen LogP contribution is 2.31. The van der Waals surface area contributed by atoms with Gasteiger partial charge in [0.15, 0.2) is 0 Å². The molecule has 1 aromatic heterocycles. The van der Waals surface area contributed by atoms with E-state index in [1.807, 2.05) is 36.4 Å². The number of rotatable bonds is 3. The van der Waals surface area contributed by atoms with Gasteiger partial charge in [-0.3, -0.25) is 0 Å². The smallest absolute Gasteiger partial charge is 0.320 e. The number of nitrogens with two attached hydrogens (primary N) is 1. The van der Waals surface area contributed by atoms with Gasteiger partial charge in [0.1, 0.15) is 0 Å². The third-order valence-corrected chi connectivity index (χ3v) is 3.45. The van der Waals surface area contributed by atoms with Crippen molar-refractivity contribution < 1.29 is 4.42 Å². The molecule has 6 heteroatoms. The summed E-state index contributed by atoms with van der Waals surface area (Å²) in [5.41, 5.74) is 6.35. The molecule has 0 unspecified atom stereocenters. The zero-order valence-electron chi connectivity index (χ0n) is 9.93. The van der Waals surface area contributed by atoms with Crippen molar-refractivity contribution in [2.75, 3.05) is 5.32 Å². The predicted molar refractivity (Wildman–Crippen MR) is 77.1 cm³/mol. The molecule has 3 aromatic rings. The fraction of sp³-hybridized carbons (Fsp3) is 0.0769. The summed E-state index contributed by atoms with van der Waals surface area (Å²) in [6.45, 7) is 0.232. The summed E-state index contributed by atoms with van der Waals surface area (Å²) < 4.78 is 6.39. The Morgan fingerprint density at radius 2 is 1.89 bits per heavy atom. The minimum atomic E-state index is 0.232. The lowest BCUT2D eigenvalue weighted by Gasteiger charge is -2.07. The van der Waals surface area contributed by atoms with E-state index >= 15 is 0 Å². The summed E-state index contributed by atoms with van der Waals surface area (Å²) >= 11 is 3.54. The molecule has 0 atom stereocenters. The average molecular weight is 319 g/mol. The molecule has 0 aliphatic rings. The number of halogens is 1. The zero-order chi connectivity index (χ0) is 13.2. The maximum Gasteiger partial charge on any atom is 0.320 e. The van der Waals surface area contributed by atoms with Crippen molar-refractivity contribution in [2.24, 2.45) is 5.73 Å². The van der Waals surface area contributed by atoms with Crippen LogP contribution in [0.3, 0.4) is 0 Å². The van der Waals surface area contributed by atoms with E-state index in [1.165, 1.54) is 0 Å². The first kappa shape index (κ1) is 12.1. The second-order valence-corrected chi connectivity index (χ2v) is 4.82. The Bertz CT molecular complexity index is 725. The van der Waals surface area contributed by atoms with Crippen LogP contribution in [0, 0.1) is 0 Å². The minimum absolute atomic E-state index is 0.232. The SMILES string of the molecule is NCc1nnc(Nc2ccc(Br)c3ccccc23)o1. The van der Waals surface area contributed by atoms with Gasteiger partial charge >= 0.3 is 6.01 Å². The van der Waals surface area contributed by atoms with E-state index in [-0.39, 0.29) is 6.54 Å². The fourth-order valence-corrected chi connectivity index (χ4v) is 2.35. The van der Waals surface area contributed by atoms with Crippen molar-refractivity contribution in [3.8, 4) is 0 Å². The summed E-state index contributed by atoms with van der Waals surface area (Å²) in [6.07, 6.45) is 0. The number of nitrogens with one attached hydrogen (secondary N) is 1. The number of nitrogens with zero attached hydrogens (tertiary/aromatic N) is 2. The van der Waals surface area contributed by atoms with Crippen LogP contribution in [0.15, 0.2) is 45.3 Å². The Morgan fingerprint density at radius 1 is 1.11 bits per heavy atom. The summed E-state index contributed by atoms with van der Waals surface area (Å²) in [6, 6.07) is 12.3. The van der Waals surface area contributed by atoms with Gasteiger partial charge in [-0.1, -0.05) is 45.3 Å². The van der Waals surface area contributed by atoms with Gasteiger partial charge in [-0.2, -0.15) is 0 Å². The third kappa shape index (κ3) is 2.32. The normalized spacial score (nSPS) is 10.8. The van der Waals surface area contributed by atoms with Gasteiger partial charge < -0.3 is 15.5 Å². The lowest BCUT2D eigenvalue weighted by molar-refractivity contribution is 0.511. The van der Waals surface area contributed by atoms with Crippen molar-refractivity contribution in [1.82, 2.24) is 10.2 Å². The van der Waals surface area contributed by atoms with Crippen LogP contribution < -0.4 is 11.1 Å². The van der Waals surface area contributed by atoms with Crippen LogP contribution in [0.2, 0.25) is 0 Å². The first-order valence-electron chi connectivity index (χ1n) is 5.74. The van der Waals surface area contributed by atoms with Crippen LogP contribution in [0.5, 0.6) is 0 Å². The second-order valence-electron chi connectivity index (χ2n) is 3.97. The standard InChI is InChI=1S/C13H11BrN4O/c14-10-5-6-11(9-4-2-1-3-8(9)10)16-13-18-17-12(7-15)19-13/h1-6H,7,15H2,(H,16,18). The van der Waals surface area contributed by atoms with E-state index < -0.39 is 0 Å². The largest absolute Gasteiger partial charge is 0.406 e. The van der Waals surface area contributed by atoms with Crippen molar-refractivity contribution in [3.63, 3.8) is 0 Å². The lowest BCUT2D eigenvalue weighted by atomic mass is 10.1. The van der Waals surface area contributed by atoms with Gasteiger partial charge in [-0.05, 0) is 17.5 Å². The number of fused-ring (bicyclic) bond motifs is 1. The molecule has 96 valence electrons. The van der Waals surface area contributed by atoms with E-state index in [0.29, 0.717) is 11.9 Å². The molecular weight excluding hydrogens is 308 g/mol. The lowest BCUT2D eigenvalue weighted by Crippen LogP contribution is -1.95. The molecule has 1 heterocycles. The number of hydrogen-bond donors (Lipinski definition) is 2. The highest BCUT2D eigenvalue weighted by molar-refractivity contribution is 9.10. The molecular formula is C13H11BrN4O. The highest BCUT2D eigenvalue weighted by Gasteiger charge is 2.08. The van der Waals surface area contributed by atoms with Gasteiger partial charge in [0.05, 0.1) is 12.2 Å². The fourth-order valence-electron chi connectivity index (χ4n) is 1.87. The molecule has 0 aliphatic heterocycles. The van der Waals surface area contributed by atoms with Crippen molar-refractivity contribution in [2.45, 2.75) is 6.54 Å². The van der Waals surface area contributed by atoms with Crippen LogP contribution in [0.1, 0.15) is 5.89 Å². The Morgan fingerprint density at radius 3 is 2.63 bits per heavy atom. The van der Waals surface area contributed by atoms with Crippen molar-refractivity contribution in [3.05, 3.63) is 46.8 Å². The molecule has 5 nitrogen and oxygen atoms in total. The maximum absolute atomic E-state index is 5.44. The van der Waals surface area contributed by atoms with E-state index in [2.05, 4.69) is 31.4 Å². The van der Waals surface area contributed by atoms with E-state index in [4.69, 9.17) is 10.2 Å². The van der Waals surface area contributed by atoms with Gasteiger partial charge in [0, 0.05) is 9.86 Å². The number of anilines is 2. The molecule has 2 aromatic carbocycles. The molecule has 0 amide bonds. The molecule has 0 spiro atoms. The molecule has 0 fully saturated rings. The maximum atomic E-state index is 5.44. The van der Waals surface area contributed by atoms with Crippen LogP contribution in [0.25, 0.3) is 10.8 Å². The second kappa shape index (κ2) is 4.99. The molecule has 0 radical (unpaired) electrons. The molecule has 0 bridgehead atoms. The van der Waals surface area contributed by atoms with Crippen LogP contribution in [0.4, 0.5) is 11.7 Å². The van der Waals surface area contributed by atoms with Gasteiger partial charge in [0.2, 0.25) is 5.89 Å². The highest BCUT2D eigenvalue weighted by atomic mass is 79.9. The number of hydrogen-bond acceptors (Lipinski definition) is 5. The van der Waals surface area contributed by atoms with Gasteiger partial charge in [-0.15, -0.1) is 5.10 Å². The molecule has 0 saturated heterocycles. The molecule has 19 heavy (non-hydrogen) atoms. The van der Waals surface area contributed by atoms with Crippen molar-refractivity contribution >= 4 is 38.4 Å². The van der Waals surface area contributed by atoms with E-state index in [9.17, 15) is 0 Å². The first-order chi connectivity index (χ1) is 9.28. The number of aromatic nitrogens is 2. The van der Waals surface area contributed by atoms with E-state index in [0.717, 1.165) is 20.9 Å². The molecule has 3 N–H and O–H groups in total. The Kier molecular flexibility index (Phi) is 3.18. The van der Waals surface area contributed by atoms with Crippen LogP contribution in [-0.4, -0.2) is 10.2 Å². The predicted octanol–water partition coefficient (Wildman–Crippen LogP) is 3.19. The third-order valence-electron chi connectivity index (χ3n) is 2.75. The summed E-state index contributed by atoms with van der Waals surface area (Å²) in [4.78, 5) is 0. The summed E-state index contributed by atoms with van der Waals surface area (Å²) in [5, 5.41) is 13.0. The summed E-state index contributed by atoms with van der Waals surface area (Å²) in [5.74, 6) is 0.406. The van der Waals surface area contributed by atoms with Crippen molar-refractivity contribution in [1.29, 1.82) is 0 Å². The van der Waals surface area contributed by atoms with E-state index in [1.54, 1.807) is 0 Å². The first-order valence-corrected chi connectivity index (χ1v) is 6.54. The quantitative estimate of drug-likeness (QED) is 0.775. The average Bonchev–Trinajstić information content (AvgIpc) is 2.90. The Hall–Kier alpha value is -1.92. The molecule has 0 aliphatic carbocycles. The monoisotopic (exact) mass is 318 g/mol. The van der Waals surface area contributed by atoms with Crippen LogP contribution >= 0.6 is 15.9 Å². The van der Waals surface area contributed by atoms with Gasteiger partial charge in [0.25, 0.3) is 0 Å². The number of benzene rings is 2. The molecule has 0 saturated carbocycles. The van der Waals surface area contributed by atoms with Crippen LogP contribution in [-0.2, 0) is 6.54 Å². The topological polar surface area (TPSA) is 77.0 Å².